The van der Waals surface area contributed by atoms with Crippen molar-refractivity contribution in [2.75, 3.05) is 0 Å². The Morgan fingerprint density at radius 3 is 2.53 bits per heavy atom. The van der Waals surface area contributed by atoms with Gasteiger partial charge in [-0.25, -0.2) is 10.9 Å². The molecule has 1 aromatic rings. The highest BCUT2D eigenvalue weighted by Gasteiger charge is 2.40. The maximum Gasteiger partial charge on any atom is 0.450 e. The number of amidine groups is 1. The quantitative estimate of drug-likeness (QED) is 0.256. The lowest BCUT2D eigenvalue weighted by molar-refractivity contribution is -0.0685. The highest BCUT2D eigenvalue weighted by molar-refractivity contribution is 7.12. The van der Waals surface area contributed by atoms with Crippen molar-refractivity contribution in [2.24, 2.45) is 5.84 Å². The number of alkyl halides is 3. The summed E-state index contributed by atoms with van der Waals surface area (Å²) in [5.74, 6) is 1.95. The largest absolute Gasteiger partial charge is 0.450 e. The predicted octanol–water partition coefficient (Wildman–Crippen LogP) is 1.60. The summed E-state index contributed by atoms with van der Waals surface area (Å²) in [6.07, 6.45) is -4.93. The summed E-state index contributed by atoms with van der Waals surface area (Å²) in [6, 6.07) is 2.83. The summed E-state index contributed by atoms with van der Waals surface area (Å²) in [5.41, 5.74) is 0. The molecule has 0 unspecified atom stereocenters. The van der Waals surface area contributed by atoms with Gasteiger partial charge < -0.3 is 0 Å². The van der Waals surface area contributed by atoms with Gasteiger partial charge in [0.2, 0.25) is 5.84 Å². The first-order valence-corrected chi connectivity index (χ1v) is 4.50. The number of hydrogen-bond donors (Lipinski definition) is 2. The number of carbonyl (C=O) groups excluding carboxylic acids is 1. The third-order valence-corrected chi connectivity index (χ3v) is 2.32. The molecule has 0 spiro atoms. The van der Waals surface area contributed by atoms with Crippen LogP contribution in [0.15, 0.2) is 17.5 Å². The number of nitrogens with two attached hydrogens (primary N) is 1. The summed E-state index contributed by atoms with van der Waals surface area (Å²) in [5, 5.41) is 7.95. The smallest absolute Gasteiger partial charge is 0.279 e. The highest BCUT2D eigenvalue weighted by Crippen LogP contribution is 2.19. The minimum Gasteiger partial charge on any atom is -0.279 e. The molecule has 0 radical (unpaired) electrons. The summed E-state index contributed by atoms with van der Waals surface area (Å²) >= 11 is 0.952. The number of amides is 1. The van der Waals surface area contributed by atoms with E-state index in [1.165, 1.54) is 17.5 Å². The van der Waals surface area contributed by atoms with E-state index in [0.717, 1.165) is 11.3 Å². The molecule has 0 aliphatic carbocycles. The third-order valence-electron chi connectivity index (χ3n) is 1.46. The minimum absolute atomic E-state index is 0.0477. The van der Waals surface area contributed by atoms with Crippen molar-refractivity contribution in [3.8, 4) is 0 Å². The van der Waals surface area contributed by atoms with Crippen molar-refractivity contribution in [1.82, 2.24) is 5.01 Å². The fourth-order valence-electron chi connectivity index (χ4n) is 0.757. The molecular weight excluding hydrogens is 231 g/mol. The van der Waals surface area contributed by atoms with Crippen molar-refractivity contribution in [3.05, 3.63) is 22.4 Å². The van der Waals surface area contributed by atoms with Crippen LogP contribution in [0, 0.1) is 5.41 Å². The van der Waals surface area contributed by atoms with Gasteiger partial charge in [0.05, 0.1) is 4.88 Å². The number of rotatable bonds is 1. The second-order valence-electron chi connectivity index (χ2n) is 2.50. The molecule has 4 nitrogen and oxygen atoms in total. The average Bonchev–Trinajstić information content (AvgIpc) is 2.65. The monoisotopic (exact) mass is 237 g/mol. The number of carbonyl (C=O) groups is 1. The number of thiophene rings is 1. The lowest BCUT2D eigenvalue weighted by Gasteiger charge is -2.17. The fraction of sp³-hybridized carbons (Fsp3) is 0.143. The number of hydrazine groups is 1. The first-order valence-electron chi connectivity index (χ1n) is 3.62. The molecule has 1 aromatic heterocycles. The molecule has 0 bridgehead atoms. The van der Waals surface area contributed by atoms with E-state index in [-0.39, 0.29) is 9.89 Å². The van der Waals surface area contributed by atoms with Crippen molar-refractivity contribution >= 4 is 23.1 Å². The Morgan fingerprint density at radius 2 is 2.13 bits per heavy atom. The van der Waals surface area contributed by atoms with Crippen molar-refractivity contribution in [2.45, 2.75) is 6.18 Å². The molecule has 0 atom stereocenters. The zero-order valence-electron chi connectivity index (χ0n) is 7.21. The number of hydrogen-bond acceptors (Lipinski definition) is 4. The SMILES string of the molecule is N=C(N(N)C(=O)c1cccs1)C(F)(F)F. The van der Waals surface area contributed by atoms with Gasteiger partial charge in [-0.2, -0.15) is 13.2 Å². The first-order chi connectivity index (χ1) is 6.84. The Hall–Kier alpha value is -1.41. The molecule has 8 heteroatoms. The van der Waals surface area contributed by atoms with Crippen LogP contribution in [0.4, 0.5) is 13.2 Å². The maximum atomic E-state index is 12.0. The molecule has 0 aliphatic heterocycles. The van der Waals surface area contributed by atoms with E-state index >= 15 is 0 Å². The van der Waals surface area contributed by atoms with Crippen LogP contribution in [0.3, 0.4) is 0 Å². The molecule has 0 saturated heterocycles. The predicted molar refractivity (Wildman–Crippen MR) is 48.5 cm³/mol. The van der Waals surface area contributed by atoms with Crippen molar-refractivity contribution < 1.29 is 18.0 Å². The van der Waals surface area contributed by atoms with Gasteiger partial charge in [-0.3, -0.25) is 10.2 Å². The van der Waals surface area contributed by atoms with Gasteiger partial charge in [0, 0.05) is 0 Å². The van der Waals surface area contributed by atoms with Gasteiger partial charge in [0.25, 0.3) is 5.91 Å². The molecule has 0 aliphatic rings. The number of nitrogens with one attached hydrogen (secondary N) is 1. The topological polar surface area (TPSA) is 70.2 Å². The Balaban J connectivity index is 2.83. The van der Waals surface area contributed by atoms with Gasteiger partial charge in [-0.05, 0) is 11.4 Å². The zero-order chi connectivity index (χ0) is 11.6. The minimum atomic E-state index is -4.93. The molecule has 82 valence electrons. The molecule has 0 aromatic carbocycles. The van der Waals surface area contributed by atoms with Crippen LogP contribution in [0.5, 0.6) is 0 Å². The maximum absolute atomic E-state index is 12.0. The normalized spacial score (nSPS) is 11.2. The van der Waals surface area contributed by atoms with Crippen LogP contribution >= 0.6 is 11.3 Å². The summed E-state index contributed by atoms with van der Waals surface area (Å²) in [7, 11) is 0. The second kappa shape index (κ2) is 3.99. The molecule has 0 saturated carbocycles. The van der Waals surface area contributed by atoms with E-state index in [4.69, 9.17) is 11.3 Å². The van der Waals surface area contributed by atoms with E-state index in [0.29, 0.717) is 0 Å². The fourth-order valence-corrected chi connectivity index (χ4v) is 1.42. The van der Waals surface area contributed by atoms with Crippen molar-refractivity contribution in [1.29, 1.82) is 5.41 Å². The van der Waals surface area contributed by atoms with Crippen molar-refractivity contribution in [3.63, 3.8) is 0 Å². The van der Waals surface area contributed by atoms with Crippen LogP contribution in [-0.4, -0.2) is 22.9 Å². The third kappa shape index (κ3) is 2.54. The summed E-state index contributed by atoms with van der Waals surface area (Å²) in [6.45, 7) is 0. The van der Waals surface area contributed by atoms with Crippen LogP contribution in [0.25, 0.3) is 0 Å². The van der Waals surface area contributed by atoms with Crippen LogP contribution in [0.2, 0.25) is 0 Å². The van der Waals surface area contributed by atoms with Crippen LogP contribution < -0.4 is 5.84 Å². The molecule has 1 heterocycles. The van der Waals surface area contributed by atoms with Gasteiger partial charge in [0.1, 0.15) is 0 Å². The summed E-state index contributed by atoms with van der Waals surface area (Å²) in [4.78, 5) is 11.3. The van der Waals surface area contributed by atoms with Crippen LogP contribution in [-0.2, 0) is 0 Å². The molecule has 0 fully saturated rings. The molecule has 1 rings (SSSR count). The molecule has 1 amide bonds. The first kappa shape index (κ1) is 11.7. The second-order valence-corrected chi connectivity index (χ2v) is 3.45. The van der Waals surface area contributed by atoms with Gasteiger partial charge in [0.15, 0.2) is 0 Å². The summed E-state index contributed by atoms with van der Waals surface area (Å²) < 4.78 is 36.0. The Labute approximate surface area is 86.6 Å². The molecule has 3 N–H and O–H groups in total. The average molecular weight is 237 g/mol. The lowest BCUT2D eigenvalue weighted by atomic mass is 10.4. The van der Waals surface area contributed by atoms with E-state index in [1.54, 1.807) is 0 Å². The van der Waals surface area contributed by atoms with Gasteiger partial charge in [-0.15, -0.1) is 11.3 Å². The highest BCUT2D eigenvalue weighted by atomic mass is 32.1. The van der Waals surface area contributed by atoms with Crippen LogP contribution in [0.1, 0.15) is 9.67 Å². The number of halogens is 3. The Morgan fingerprint density at radius 1 is 1.53 bits per heavy atom. The van der Waals surface area contributed by atoms with Gasteiger partial charge in [-0.1, -0.05) is 6.07 Å². The van der Waals surface area contributed by atoms with E-state index < -0.39 is 17.9 Å². The van der Waals surface area contributed by atoms with E-state index in [9.17, 15) is 18.0 Å². The number of nitrogens with zero attached hydrogens (tertiary/aromatic N) is 1. The Bertz CT molecular complexity index is 373. The standard InChI is InChI=1S/C7H6F3N3OS/c8-7(9,10)6(11)13(12)5(14)4-2-1-3-15-4/h1-3,11H,12H2. The Kier molecular flexibility index (Phi) is 3.10. The van der Waals surface area contributed by atoms with E-state index in [2.05, 4.69) is 0 Å². The zero-order valence-corrected chi connectivity index (χ0v) is 8.02. The molecule has 15 heavy (non-hydrogen) atoms. The van der Waals surface area contributed by atoms with E-state index in [1.807, 2.05) is 0 Å². The lowest BCUT2D eigenvalue weighted by Crippen LogP contribution is -2.48. The van der Waals surface area contributed by atoms with Gasteiger partial charge >= 0.3 is 6.18 Å². The molecular formula is C7H6F3N3OS.